The predicted octanol–water partition coefficient (Wildman–Crippen LogP) is 1.71. The summed E-state index contributed by atoms with van der Waals surface area (Å²) in [6.07, 6.45) is 0. The fraction of sp³-hybridized carbons (Fsp3) is 0.455. The van der Waals surface area contributed by atoms with Crippen molar-refractivity contribution >= 4 is 0 Å². The van der Waals surface area contributed by atoms with Crippen LogP contribution in [-0.4, -0.2) is 36.8 Å². The normalized spacial score (nSPS) is 11.1. The molecule has 0 amide bonds. The SMILES string of the molecule is CN(CCO)Cc1ccccc1OC(F)F. The van der Waals surface area contributed by atoms with Gasteiger partial charge in [-0.1, -0.05) is 18.2 Å². The van der Waals surface area contributed by atoms with E-state index in [0.717, 1.165) is 0 Å². The summed E-state index contributed by atoms with van der Waals surface area (Å²) in [6, 6.07) is 6.65. The Hall–Kier alpha value is -1.20. The third-order valence-corrected chi connectivity index (χ3v) is 2.11. The van der Waals surface area contributed by atoms with Crippen molar-refractivity contribution in [2.24, 2.45) is 0 Å². The fourth-order valence-electron chi connectivity index (χ4n) is 1.39. The number of aliphatic hydroxyl groups is 1. The van der Waals surface area contributed by atoms with E-state index in [1.807, 2.05) is 4.90 Å². The van der Waals surface area contributed by atoms with Crippen LogP contribution in [0.4, 0.5) is 8.78 Å². The van der Waals surface area contributed by atoms with Crippen LogP contribution in [0.3, 0.4) is 0 Å². The van der Waals surface area contributed by atoms with Crippen LogP contribution < -0.4 is 4.74 Å². The molecule has 0 aliphatic rings. The minimum atomic E-state index is -2.82. The second-order valence-electron chi connectivity index (χ2n) is 3.45. The Morgan fingerprint density at radius 1 is 1.38 bits per heavy atom. The first-order valence-electron chi connectivity index (χ1n) is 4.95. The fourth-order valence-corrected chi connectivity index (χ4v) is 1.39. The van der Waals surface area contributed by atoms with Gasteiger partial charge in [0.2, 0.25) is 0 Å². The smallest absolute Gasteiger partial charge is 0.387 e. The Kier molecular flexibility index (Phi) is 5.14. The summed E-state index contributed by atoms with van der Waals surface area (Å²) in [6.45, 7) is -1.83. The van der Waals surface area contributed by atoms with Crippen LogP contribution in [0.5, 0.6) is 5.75 Å². The molecule has 0 aromatic heterocycles. The van der Waals surface area contributed by atoms with Crippen LogP contribution in [-0.2, 0) is 6.54 Å². The number of alkyl halides is 2. The maximum absolute atomic E-state index is 12.1. The quantitative estimate of drug-likeness (QED) is 0.809. The van der Waals surface area contributed by atoms with Crippen molar-refractivity contribution in [3.05, 3.63) is 29.8 Å². The number of hydrogen-bond donors (Lipinski definition) is 1. The topological polar surface area (TPSA) is 32.7 Å². The van der Waals surface area contributed by atoms with Gasteiger partial charge in [0.1, 0.15) is 5.75 Å². The molecule has 3 nitrogen and oxygen atoms in total. The summed E-state index contributed by atoms with van der Waals surface area (Å²) in [5.74, 6) is 0.183. The number of halogens is 2. The molecule has 0 fully saturated rings. The molecule has 0 atom stereocenters. The molecule has 1 aromatic carbocycles. The summed E-state index contributed by atoms with van der Waals surface area (Å²) in [7, 11) is 1.80. The third kappa shape index (κ3) is 4.12. The van der Waals surface area contributed by atoms with Gasteiger partial charge in [-0.3, -0.25) is 4.90 Å². The monoisotopic (exact) mass is 231 g/mol. The van der Waals surface area contributed by atoms with Gasteiger partial charge in [0.15, 0.2) is 0 Å². The number of hydrogen-bond acceptors (Lipinski definition) is 3. The van der Waals surface area contributed by atoms with Gasteiger partial charge in [-0.15, -0.1) is 0 Å². The molecule has 0 radical (unpaired) electrons. The van der Waals surface area contributed by atoms with Gasteiger partial charge in [0, 0.05) is 18.7 Å². The lowest BCUT2D eigenvalue weighted by Gasteiger charge is -2.17. The van der Waals surface area contributed by atoms with Crippen molar-refractivity contribution in [1.29, 1.82) is 0 Å². The molecule has 0 aliphatic carbocycles. The molecule has 1 aromatic rings. The number of benzene rings is 1. The summed E-state index contributed by atoms with van der Waals surface area (Å²) in [4.78, 5) is 1.83. The van der Waals surface area contributed by atoms with E-state index in [1.165, 1.54) is 6.07 Å². The van der Waals surface area contributed by atoms with Crippen molar-refractivity contribution in [2.75, 3.05) is 20.2 Å². The van der Waals surface area contributed by atoms with E-state index in [4.69, 9.17) is 5.11 Å². The van der Waals surface area contributed by atoms with Gasteiger partial charge in [0.25, 0.3) is 0 Å². The number of para-hydroxylation sites is 1. The molecule has 0 aliphatic heterocycles. The van der Waals surface area contributed by atoms with Gasteiger partial charge in [-0.25, -0.2) is 0 Å². The maximum Gasteiger partial charge on any atom is 0.387 e. The first kappa shape index (κ1) is 12.9. The van der Waals surface area contributed by atoms with Crippen molar-refractivity contribution in [3.63, 3.8) is 0 Å². The molecule has 1 N–H and O–H groups in total. The maximum atomic E-state index is 12.1. The Bertz CT molecular complexity index is 321. The Morgan fingerprint density at radius 3 is 2.69 bits per heavy atom. The molecular weight excluding hydrogens is 216 g/mol. The lowest BCUT2D eigenvalue weighted by Crippen LogP contribution is -2.22. The number of aliphatic hydroxyl groups excluding tert-OH is 1. The minimum absolute atomic E-state index is 0.0361. The van der Waals surface area contributed by atoms with Crippen molar-refractivity contribution in [1.82, 2.24) is 4.90 Å². The summed E-state index contributed by atoms with van der Waals surface area (Å²) in [5, 5.41) is 8.74. The standard InChI is InChI=1S/C11H15F2NO2/c1-14(6-7-15)8-9-4-2-3-5-10(9)16-11(12)13/h2-5,11,15H,6-8H2,1H3. The summed E-state index contributed by atoms with van der Waals surface area (Å²) >= 11 is 0. The Balaban J connectivity index is 2.70. The second-order valence-corrected chi connectivity index (χ2v) is 3.45. The summed E-state index contributed by atoms with van der Waals surface area (Å²) in [5.41, 5.74) is 0.679. The van der Waals surface area contributed by atoms with Gasteiger partial charge in [-0.2, -0.15) is 8.78 Å². The molecule has 0 heterocycles. The van der Waals surface area contributed by atoms with Crippen molar-refractivity contribution in [3.8, 4) is 5.75 Å². The average Bonchev–Trinajstić information content (AvgIpc) is 2.20. The molecule has 1 rings (SSSR count). The highest BCUT2D eigenvalue weighted by molar-refractivity contribution is 5.33. The van der Waals surface area contributed by atoms with Crippen LogP contribution in [0, 0.1) is 0 Å². The largest absolute Gasteiger partial charge is 0.434 e. The first-order valence-corrected chi connectivity index (χ1v) is 4.95. The zero-order valence-electron chi connectivity index (χ0n) is 9.07. The van der Waals surface area contributed by atoms with Crippen LogP contribution in [0.15, 0.2) is 24.3 Å². The third-order valence-electron chi connectivity index (χ3n) is 2.11. The van der Waals surface area contributed by atoms with E-state index < -0.39 is 6.61 Å². The molecule has 5 heteroatoms. The first-order chi connectivity index (χ1) is 7.63. The van der Waals surface area contributed by atoms with E-state index in [-0.39, 0.29) is 12.4 Å². The molecule has 16 heavy (non-hydrogen) atoms. The number of nitrogens with zero attached hydrogens (tertiary/aromatic N) is 1. The van der Waals surface area contributed by atoms with Crippen LogP contribution >= 0.6 is 0 Å². The summed E-state index contributed by atoms with van der Waals surface area (Å²) < 4.78 is 28.6. The Labute approximate surface area is 93.3 Å². The van der Waals surface area contributed by atoms with Crippen LogP contribution in [0.25, 0.3) is 0 Å². The average molecular weight is 231 g/mol. The highest BCUT2D eigenvalue weighted by atomic mass is 19.3. The highest BCUT2D eigenvalue weighted by Crippen LogP contribution is 2.21. The van der Waals surface area contributed by atoms with Crippen molar-refractivity contribution in [2.45, 2.75) is 13.2 Å². The second kappa shape index (κ2) is 6.40. The zero-order chi connectivity index (χ0) is 12.0. The molecule has 0 bridgehead atoms. The number of ether oxygens (including phenoxy) is 1. The lowest BCUT2D eigenvalue weighted by molar-refractivity contribution is -0.0507. The molecule has 0 spiro atoms. The molecule has 0 saturated heterocycles. The molecular formula is C11H15F2NO2. The van der Waals surface area contributed by atoms with Crippen LogP contribution in [0.1, 0.15) is 5.56 Å². The predicted molar refractivity (Wildman–Crippen MR) is 56.5 cm³/mol. The van der Waals surface area contributed by atoms with E-state index in [1.54, 1.807) is 25.2 Å². The molecule has 90 valence electrons. The highest BCUT2D eigenvalue weighted by Gasteiger charge is 2.10. The van der Waals surface area contributed by atoms with E-state index >= 15 is 0 Å². The number of likely N-dealkylation sites (N-methyl/N-ethyl adjacent to an activating group) is 1. The van der Waals surface area contributed by atoms with E-state index in [0.29, 0.717) is 18.7 Å². The Morgan fingerprint density at radius 2 is 2.06 bits per heavy atom. The minimum Gasteiger partial charge on any atom is -0.434 e. The molecule has 0 unspecified atom stereocenters. The van der Waals surface area contributed by atoms with Crippen molar-refractivity contribution < 1.29 is 18.6 Å². The van der Waals surface area contributed by atoms with Crippen LogP contribution in [0.2, 0.25) is 0 Å². The molecule has 0 saturated carbocycles. The van der Waals surface area contributed by atoms with E-state index in [9.17, 15) is 8.78 Å². The number of rotatable bonds is 6. The van der Waals surface area contributed by atoms with Gasteiger partial charge < -0.3 is 9.84 Å². The zero-order valence-corrected chi connectivity index (χ0v) is 9.07. The lowest BCUT2D eigenvalue weighted by atomic mass is 10.2. The van der Waals surface area contributed by atoms with Gasteiger partial charge >= 0.3 is 6.61 Å². The van der Waals surface area contributed by atoms with E-state index in [2.05, 4.69) is 4.74 Å². The van der Waals surface area contributed by atoms with Gasteiger partial charge in [0.05, 0.1) is 6.61 Å². The van der Waals surface area contributed by atoms with Gasteiger partial charge in [-0.05, 0) is 13.1 Å².